The summed E-state index contributed by atoms with van der Waals surface area (Å²) in [5, 5.41) is 0. The highest BCUT2D eigenvalue weighted by Crippen LogP contribution is 2.09. The van der Waals surface area contributed by atoms with Crippen molar-refractivity contribution in [1.82, 2.24) is 4.57 Å². The molecule has 2 heteroatoms. The minimum Gasteiger partial charge on any atom is -0.494 e. The first-order valence-electron chi connectivity index (χ1n) is 6.16. The predicted octanol–water partition coefficient (Wildman–Crippen LogP) is 3.66. The molecule has 0 amide bonds. The lowest BCUT2D eigenvalue weighted by atomic mass is 10.3. The van der Waals surface area contributed by atoms with Gasteiger partial charge in [0.25, 0.3) is 0 Å². The zero-order chi connectivity index (χ0) is 11.9. The molecule has 0 saturated heterocycles. The Kier molecular flexibility index (Phi) is 4.25. The van der Waals surface area contributed by atoms with Crippen LogP contribution in [0.2, 0.25) is 0 Å². The molecule has 0 atom stereocenters. The van der Waals surface area contributed by atoms with Gasteiger partial charge in [0.1, 0.15) is 5.75 Å². The fourth-order valence-corrected chi connectivity index (χ4v) is 1.84. The number of benzene rings is 1. The third-order valence-corrected chi connectivity index (χ3v) is 2.86. The van der Waals surface area contributed by atoms with Crippen LogP contribution in [0.4, 0.5) is 0 Å². The van der Waals surface area contributed by atoms with Crippen LogP contribution in [-0.4, -0.2) is 11.2 Å². The van der Waals surface area contributed by atoms with Crippen molar-refractivity contribution < 1.29 is 4.74 Å². The Balaban J connectivity index is 1.63. The molecule has 17 heavy (non-hydrogen) atoms. The van der Waals surface area contributed by atoms with Gasteiger partial charge in [-0.2, -0.15) is 0 Å². The van der Waals surface area contributed by atoms with Gasteiger partial charge in [-0.1, -0.05) is 18.2 Å². The third kappa shape index (κ3) is 3.66. The van der Waals surface area contributed by atoms with Crippen molar-refractivity contribution in [2.75, 3.05) is 6.61 Å². The summed E-state index contributed by atoms with van der Waals surface area (Å²) in [6, 6.07) is 14.2. The average molecular weight is 229 g/mol. The second-order valence-electron chi connectivity index (χ2n) is 4.21. The summed E-state index contributed by atoms with van der Waals surface area (Å²) in [5.74, 6) is 0.963. The van der Waals surface area contributed by atoms with Crippen molar-refractivity contribution in [2.24, 2.45) is 0 Å². The van der Waals surface area contributed by atoms with Gasteiger partial charge in [-0.3, -0.25) is 0 Å². The van der Waals surface area contributed by atoms with E-state index in [1.807, 2.05) is 30.3 Å². The van der Waals surface area contributed by atoms with Gasteiger partial charge in [0.15, 0.2) is 0 Å². The van der Waals surface area contributed by atoms with Crippen LogP contribution in [0.25, 0.3) is 0 Å². The van der Waals surface area contributed by atoms with Crippen molar-refractivity contribution in [3.05, 3.63) is 54.4 Å². The van der Waals surface area contributed by atoms with E-state index in [0.29, 0.717) is 0 Å². The van der Waals surface area contributed by atoms with E-state index in [1.165, 1.54) is 5.69 Å². The first-order chi connectivity index (χ1) is 8.36. The van der Waals surface area contributed by atoms with Crippen molar-refractivity contribution >= 4 is 0 Å². The standard InChI is InChI=1S/C15H19NO/c1-14-8-7-12-16(14)11-5-6-13-17-15-9-3-2-4-10-15/h2-4,7-10,12H,5-6,11,13H2,1H3. The highest BCUT2D eigenvalue weighted by molar-refractivity contribution is 5.20. The molecule has 2 nitrogen and oxygen atoms in total. The monoisotopic (exact) mass is 229 g/mol. The number of rotatable bonds is 6. The molecule has 2 aromatic rings. The van der Waals surface area contributed by atoms with Crippen LogP contribution in [0.1, 0.15) is 18.5 Å². The van der Waals surface area contributed by atoms with Crippen molar-refractivity contribution in [1.29, 1.82) is 0 Å². The summed E-state index contributed by atoms with van der Waals surface area (Å²) in [5.41, 5.74) is 1.33. The molecule has 1 heterocycles. The minimum atomic E-state index is 0.796. The second kappa shape index (κ2) is 6.14. The summed E-state index contributed by atoms with van der Waals surface area (Å²) in [4.78, 5) is 0. The molecule has 0 unspecified atom stereocenters. The lowest BCUT2D eigenvalue weighted by Gasteiger charge is -2.07. The number of hydrogen-bond acceptors (Lipinski definition) is 1. The lowest BCUT2D eigenvalue weighted by Crippen LogP contribution is -2.02. The fraction of sp³-hybridized carbons (Fsp3) is 0.333. The topological polar surface area (TPSA) is 14.2 Å². The number of para-hydroxylation sites is 1. The number of unbranched alkanes of at least 4 members (excludes halogenated alkanes) is 1. The summed E-state index contributed by atoms with van der Waals surface area (Å²) in [7, 11) is 0. The van der Waals surface area contributed by atoms with Crippen molar-refractivity contribution in [3.63, 3.8) is 0 Å². The van der Waals surface area contributed by atoms with Gasteiger partial charge in [0, 0.05) is 18.4 Å². The van der Waals surface area contributed by atoms with E-state index in [4.69, 9.17) is 4.74 Å². The lowest BCUT2D eigenvalue weighted by molar-refractivity contribution is 0.303. The minimum absolute atomic E-state index is 0.796. The third-order valence-electron chi connectivity index (χ3n) is 2.86. The van der Waals surface area contributed by atoms with E-state index in [0.717, 1.165) is 31.7 Å². The van der Waals surface area contributed by atoms with E-state index in [-0.39, 0.29) is 0 Å². The van der Waals surface area contributed by atoms with Gasteiger partial charge in [-0.15, -0.1) is 0 Å². The number of aromatic nitrogens is 1. The quantitative estimate of drug-likeness (QED) is 0.689. The van der Waals surface area contributed by atoms with Crippen molar-refractivity contribution in [2.45, 2.75) is 26.3 Å². The Bertz CT molecular complexity index is 433. The first kappa shape index (κ1) is 11.8. The van der Waals surface area contributed by atoms with Crippen molar-refractivity contribution in [3.8, 4) is 5.75 Å². The van der Waals surface area contributed by atoms with Gasteiger partial charge < -0.3 is 9.30 Å². The molecule has 1 aromatic carbocycles. The summed E-state index contributed by atoms with van der Waals surface area (Å²) >= 11 is 0. The molecule has 0 N–H and O–H groups in total. The SMILES string of the molecule is Cc1cccn1CCCCOc1ccccc1. The molecule has 0 radical (unpaired) electrons. The van der Waals surface area contributed by atoms with E-state index < -0.39 is 0 Å². The number of hydrogen-bond donors (Lipinski definition) is 0. The Labute approximate surface area is 103 Å². The van der Waals surface area contributed by atoms with Crippen LogP contribution >= 0.6 is 0 Å². The van der Waals surface area contributed by atoms with E-state index >= 15 is 0 Å². The highest BCUT2D eigenvalue weighted by Gasteiger charge is 1.96. The predicted molar refractivity (Wildman–Crippen MR) is 70.3 cm³/mol. The van der Waals surface area contributed by atoms with Crippen LogP contribution in [-0.2, 0) is 6.54 Å². The second-order valence-corrected chi connectivity index (χ2v) is 4.21. The number of nitrogens with zero attached hydrogens (tertiary/aromatic N) is 1. The summed E-state index contributed by atoms with van der Waals surface area (Å²) < 4.78 is 7.93. The van der Waals surface area contributed by atoms with Crippen LogP contribution in [0, 0.1) is 6.92 Å². The van der Waals surface area contributed by atoms with Crippen LogP contribution < -0.4 is 4.74 Å². The molecule has 0 aliphatic carbocycles. The summed E-state index contributed by atoms with van der Waals surface area (Å²) in [6.45, 7) is 4.02. The highest BCUT2D eigenvalue weighted by atomic mass is 16.5. The molecule has 0 fully saturated rings. The van der Waals surface area contributed by atoms with Crippen LogP contribution in [0.5, 0.6) is 5.75 Å². The normalized spacial score (nSPS) is 10.4. The number of ether oxygens (including phenoxy) is 1. The first-order valence-corrected chi connectivity index (χ1v) is 6.16. The molecule has 90 valence electrons. The average Bonchev–Trinajstić information content (AvgIpc) is 2.76. The van der Waals surface area contributed by atoms with Gasteiger partial charge in [-0.25, -0.2) is 0 Å². The maximum absolute atomic E-state index is 5.65. The van der Waals surface area contributed by atoms with E-state index in [2.05, 4.69) is 29.8 Å². The smallest absolute Gasteiger partial charge is 0.119 e. The van der Waals surface area contributed by atoms with Crippen LogP contribution in [0.15, 0.2) is 48.7 Å². The molecule has 0 bridgehead atoms. The largest absolute Gasteiger partial charge is 0.494 e. The molecule has 0 aliphatic heterocycles. The van der Waals surface area contributed by atoms with Gasteiger partial charge in [0.05, 0.1) is 6.61 Å². The molecular weight excluding hydrogens is 210 g/mol. The fourth-order valence-electron chi connectivity index (χ4n) is 1.84. The molecule has 0 aliphatic rings. The Hall–Kier alpha value is -1.70. The molecule has 1 aromatic heterocycles. The molecule has 0 saturated carbocycles. The van der Waals surface area contributed by atoms with Crippen LogP contribution in [0.3, 0.4) is 0 Å². The van der Waals surface area contributed by atoms with Gasteiger partial charge in [-0.05, 0) is 44.0 Å². The molecular formula is C15H19NO. The van der Waals surface area contributed by atoms with Gasteiger partial charge in [0.2, 0.25) is 0 Å². The van der Waals surface area contributed by atoms with E-state index in [1.54, 1.807) is 0 Å². The Morgan fingerprint density at radius 1 is 1.00 bits per heavy atom. The molecule has 0 spiro atoms. The number of aryl methyl sites for hydroxylation is 2. The van der Waals surface area contributed by atoms with E-state index in [9.17, 15) is 0 Å². The Morgan fingerprint density at radius 3 is 2.53 bits per heavy atom. The summed E-state index contributed by atoms with van der Waals surface area (Å²) in [6.07, 6.45) is 4.38. The maximum Gasteiger partial charge on any atom is 0.119 e. The molecule has 2 rings (SSSR count). The zero-order valence-corrected chi connectivity index (χ0v) is 10.3. The van der Waals surface area contributed by atoms with Gasteiger partial charge >= 0.3 is 0 Å². The Morgan fingerprint density at radius 2 is 1.82 bits per heavy atom. The zero-order valence-electron chi connectivity index (χ0n) is 10.3. The maximum atomic E-state index is 5.65.